The molecule has 2 N–H and O–H groups in total. The van der Waals surface area contributed by atoms with Gasteiger partial charge in [0.2, 0.25) is 5.91 Å². The smallest absolute Gasteiger partial charge is 0.357 e. The minimum Gasteiger partial charge on any atom is -0.464 e. The molecule has 0 spiro atoms. The first-order chi connectivity index (χ1) is 10.2. The summed E-state index contributed by atoms with van der Waals surface area (Å²) >= 11 is 1.18. The van der Waals surface area contributed by atoms with Gasteiger partial charge in [0.1, 0.15) is 0 Å². The van der Waals surface area contributed by atoms with Gasteiger partial charge < -0.3 is 15.4 Å². The molecule has 1 aromatic heterocycles. The van der Waals surface area contributed by atoms with Gasteiger partial charge in [-0.3, -0.25) is 4.79 Å². The van der Waals surface area contributed by atoms with Gasteiger partial charge in [0.05, 0.1) is 13.7 Å². The van der Waals surface area contributed by atoms with E-state index in [1.54, 1.807) is 5.38 Å². The molecular formula is C14H15N3O3S. The van der Waals surface area contributed by atoms with E-state index in [1.807, 2.05) is 30.3 Å². The zero-order valence-corrected chi connectivity index (χ0v) is 12.3. The van der Waals surface area contributed by atoms with Crippen LogP contribution in [0.4, 0.5) is 5.13 Å². The maximum atomic E-state index is 11.7. The molecule has 0 unspecified atom stereocenters. The van der Waals surface area contributed by atoms with Gasteiger partial charge in [-0.2, -0.15) is 0 Å². The van der Waals surface area contributed by atoms with Crippen LogP contribution in [0.15, 0.2) is 35.7 Å². The third-order valence-electron chi connectivity index (χ3n) is 2.60. The molecule has 0 aliphatic carbocycles. The minimum absolute atomic E-state index is 0.169. The number of aromatic nitrogens is 1. The van der Waals surface area contributed by atoms with Gasteiger partial charge in [0, 0.05) is 11.9 Å². The van der Waals surface area contributed by atoms with E-state index in [9.17, 15) is 9.59 Å². The fraction of sp³-hybridized carbons (Fsp3) is 0.214. The molecule has 1 amide bonds. The van der Waals surface area contributed by atoms with Crippen molar-refractivity contribution in [2.75, 3.05) is 19.0 Å². The van der Waals surface area contributed by atoms with Crippen molar-refractivity contribution in [2.45, 2.75) is 6.54 Å². The number of esters is 1. The number of amides is 1. The number of rotatable bonds is 6. The molecule has 2 aromatic rings. The molecule has 0 saturated heterocycles. The molecule has 7 heteroatoms. The van der Waals surface area contributed by atoms with Crippen LogP contribution in [0.25, 0.3) is 0 Å². The number of anilines is 1. The lowest BCUT2D eigenvalue weighted by Gasteiger charge is -2.04. The Balaban J connectivity index is 1.77. The van der Waals surface area contributed by atoms with Crippen molar-refractivity contribution >= 4 is 28.3 Å². The highest BCUT2D eigenvalue weighted by Gasteiger charge is 2.12. The van der Waals surface area contributed by atoms with Crippen molar-refractivity contribution < 1.29 is 14.3 Å². The van der Waals surface area contributed by atoms with E-state index in [4.69, 9.17) is 0 Å². The molecular weight excluding hydrogens is 290 g/mol. The standard InChI is InChI=1S/C14H15N3O3S/c1-20-13(19)11-9-21-14(16-11)17-12(18)8-15-7-10-5-3-2-4-6-10/h2-6,9,15H,7-8H2,1H3,(H,16,17,18). The lowest BCUT2D eigenvalue weighted by molar-refractivity contribution is -0.115. The first kappa shape index (κ1) is 15.1. The molecule has 1 aromatic carbocycles. The molecule has 0 saturated carbocycles. The van der Waals surface area contributed by atoms with Crippen molar-refractivity contribution in [1.82, 2.24) is 10.3 Å². The lowest BCUT2D eigenvalue weighted by atomic mass is 10.2. The van der Waals surface area contributed by atoms with Gasteiger partial charge in [-0.15, -0.1) is 11.3 Å². The summed E-state index contributed by atoms with van der Waals surface area (Å²) in [7, 11) is 1.29. The molecule has 0 aliphatic rings. The predicted molar refractivity (Wildman–Crippen MR) is 80.2 cm³/mol. The Hall–Kier alpha value is -2.25. The Kier molecular flexibility index (Phi) is 5.42. The van der Waals surface area contributed by atoms with Crippen LogP contribution in [0.2, 0.25) is 0 Å². The van der Waals surface area contributed by atoms with E-state index in [0.29, 0.717) is 11.7 Å². The number of hydrogen-bond donors (Lipinski definition) is 2. The SMILES string of the molecule is COC(=O)c1csc(NC(=O)CNCc2ccccc2)n1. The van der Waals surface area contributed by atoms with E-state index < -0.39 is 5.97 Å². The Morgan fingerprint density at radius 1 is 1.29 bits per heavy atom. The zero-order chi connectivity index (χ0) is 15.1. The van der Waals surface area contributed by atoms with Crippen molar-refractivity contribution in [3.05, 3.63) is 47.0 Å². The number of carbonyl (C=O) groups is 2. The largest absolute Gasteiger partial charge is 0.464 e. The zero-order valence-electron chi connectivity index (χ0n) is 11.5. The number of thiazole rings is 1. The average Bonchev–Trinajstić information content (AvgIpc) is 2.96. The second-order valence-corrected chi connectivity index (χ2v) is 5.02. The summed E-state index contributed by atoms with van der Waals surface area (Å²) in [4.78, 5) is 26.9. The van der Waals surface area contributed by atoms with Crippen molar-refractivity contribution in [3.8, 4) is 0 Å². The first-order valence-corrected chi connectivity index (χ1v) is 7.15. The summed E-state index contributed by atoms with van der Waals surface area (Å²) in [5.74, 6) is -0.731. The van der Waals surface area contributed by atoms with Gasteiger partial charge in [-0.25, -0.2) is 9.78 Å². The summed E-state index contributed by atoms with van der Waals surface area (Å²) in [6.07, 6.45) is 0. The lowest BCUT2D eigenvalue weighted by Crippen LogP contribution is -2.27. The van der Waals surface area contributed by atoms with Crippen LogP contribution >= 0.6 is 11.3 Å². The highest BCUT2D eigenvalue weighted by atomic mass is 32.1. The fourth-order valence-electron chi connectivity index (χ4n) is 1.61. The molecule has 1 heterocycles. The van der Waals surface area contributed by atoms with Gasteiger partial charge in [0.15, 0.2) is 10.8 Å². The summed E-state index contributed by atoms with van der Waals surface area (Å²) < 4.78 is 4.55. The van der Waals surface area contributed by atoms with Crippen LogP contribution in [0.5, 0.6) is 0 Å². The number of carbonyl (C=O) groups excluding carboxylic acids is 2. The van der Waals surface area contributed by atoms with E-state index in [0.717, 1.165) is 5.56 Å². The number of ether oxygens (including phenoxy) is 1. The Bertz CT molecular complexity index is 613. The van der Waals surface area contributed by atoms with Crippen LogP contribution in [0.3, 0.4) is 0 Å². The van der Waals surface area contributed by atoms with Crippen LogP contribution < -0.4 is 10.6 Å². The summed E-state index contributed by atoms with van der Waals surface area (Å²) in [6, 6.07) is 9.79. The first-order valence-electron chi connectivity index (χ1n) is 6.27. The summed E-state index contributed by atoms with van der Waals surface area (Å²) in [5.41, 5.74) is 1.29. The molecule has 0 fully saturated rings. The third kappa shape index (κ3) is 4.66. The van der Waals surface area contributed by atoms with Gasteiger partial charge >= 0.3 is 5.97 Å². The number of nitrogens with zero attached hydrogens (tertiary/aromatic N) is 1. The van der Waals surface area contributed by atoms with Crippen LogP contribution in [0.1, 0.15) is 16.1 Å². The average molecular weight is 305 g/mol. The van der Waals surface area contributed by atoms with E-state index in [1.165, 1.54) is 18.4 Å². The van der Waals surface area contributed by atoms with Crippen molar-refractivity contribution in [2.24, 2.45) is 0 Å². The van der Waals surface area contributed by atoms with Crippen LogP contribution in [-0.4, -0.2) is 30.5 Å². The van der Waals surface area contributed by atoms with Crippen molar-refractivity contribution in [3.63, 3.8) is 0 Å². The Labute approximate surface area is 126 Å². The highest BCUT2D eigenvalue weighted by molar-refractivity contribution is 7.14. The molecule has 0 radical (unpaired) electrons. The summed E-state index contributed by atoms with van der Waals surface area (Å²) in [6.45, 7) is 0.779. The van der Waals surface area contributed by atoms with Crippen molar-refractivity contribution in [1.29, 1.82) is 0 Å². The molecule has 0 bridgehead atoms. The second-order valence-electron chi connectivity index (χ2n) is 4.17. The normalized spacial score (nSPS) is 10.1. The molecule has 0 atom stereocenters. The molecule has 6 nitrogen and oxygen atoms in total. The predicted octanol–water partition coefficient (Wildman–Crippen LogP) is 1.66. The number of methoxy groups -OCH3 is 1. The van der Waals surface area contributed by atoms with Gasteiger partial charge in [-0.05, 0) is 5.56 Å². The second kappa shape index (κ2) is 7.51. The van der Waals surface area contributed by atoms with Crippen LogP contribution in [0, 0.1) is 0 Å². The monoisotopic (exact) mass is 305 g/mol. The van der Waals surface area contributed by atoms with Gasteiger partial charge in [0.25, 0.3) is 0 Å². The number of nitrogens with one attached hydrogen (secondary N) is 2. The summed E-state index contributed by atoms with van der Waals surface area (Å²) in [5, 5.41) is 7.58. The Morgan fingerprint density at radius 2 is 2.05 bits per heavy atom. The van der Waals surface area contributed by atoms with E-state index in [2.05, 4.69) is 20.4 Å². The molecule has 0 aliphatic heterocycles. The number of hydrogen-bond acceptors (Lipinski definition) is 6. The van der Waals surface area contributed by atoms with E-state index in [-0.39, 0.29) is 18.1 Å². The maximum absolute atomic E-state index is 11.7. The minimum atomic E-state index is -0.519. The topological polar surface area (TPSA) is 80.3 Å². The van der Waals surface area contributed by atoms with Gasteiger partial charge in [-0.1, -0.05) is 30.3 Å². The molecule has 21 heavy (non-hydrogen) atoms. The maximum Gasteiger partial charge on any atom is 0.357 e. The molecule has 110 valence electrons. The fourth-order valence-corrected chi connectivity index (χ4v) is 2.31. The van der Waals surface area contributed by atoms with Crippen LogP contribution in [-0.2, 0) is 16.1 Å². The van der Waals surface area contributed by atoms with E-state index >= 15 is 0 Å². The molecule has 2 rings (SSSR count). The number of benzene rings is 1. The quantitative estimate of drug-likeness (QED) is 0.793. The Morgan fingerprint density at radius 3 is 2.76 bits per heavy atom. The highest BCUT2D eigenvalue weighted by Crippen LogP contribution is 2.15. The third-order valence-corrected chi connectivity index (χ3v) is 3.36.